The van der Waals surface area contributed by atoms with Gasteiger partial charge in [0.1, 0.15) is 5.00 Å². The van der Waals surface area contributed by atoms with E-state index in [0.717, 1.165) is 23.1 Å². The highest BCUT2D eigenvalue weighted by Gasteiger charge is 1.98. The molecule has 0 saturated carbocycles. The molecule has 13 heavy (non-hydrogen) atoms. The molecule has 1 aromatic heterocycles. The lowest BCUT2D eigenvalue weighted by molar-refractivity contribution is 0.833. The zero-order valence-electron chi connectivity index (χ0n) is 7.41. The summed E-state index contributed by atoms with van der Waals surface area (Å²) in [6, 6.07) is 0. The van der Waals surface area contributed by atoms with Crippen LogP contribution < -0.4 is 5.32 Å². The van der Waals surface area contributed by atoms with Crippen LogP contribution in [0.25, 0.3) is 0 Å². The summed E-state index contributed by atoms with van der Waals surface area (Å²) >= 11 is 5.98. The second kappa shape index (κ2) is 5.80. The van der Waals surface area contributed by atoms with E-state index in [0.29, 0.717) is 0 Å². The second-order valence-electron chi connectivity index (χ2n) is 2.49. The average molecular weight is 213 g/mol. The quantitative estimate of drug-likeness (QED) is 0.464. The van der Waals surface area contributed by atoms with Crippen LogP contribution in [-0.4, -0.2) is 16.7 Å². The summed E-state index contributed by atoms with van der Waals surface area (Å²) in [6.45, 7) is 3.12. The molecule has 0 atom stereocenters. The van der Waals surface area contributed by atoms with Gasteiger partial charge in [-0.15, -0.1) is 0 Å². The fraction of sp³-hybridized carbons (Fsp3) is 0.500. The first-order valence-corrected chi connectivity index (χ1v) is 5.37. The highest BCUT2D eigenvalue weighted by Crippen LogP contribution is 2.25. The number of unbranched alkanes of at least 4 members (excludes halogenated alkanes) is 1. The topological polar surface area (TPSA) is 37.3 Å². The monoisotopic (exact) mass is 213 g/mol. The zero-order valence-corrected chi connectivity index (χ0v) is 9.04. The van der Waals surface area contributed by atoms with Gasteiger partial charge in [0.25, 0.3) is 0 Å². The smallest absolute Gasteiger partial charge is 0.184 e. The van der Waals surface area contributed by atoms with Gasteiger partial charge in [-0.05, 0) is 18.6 Å². The van der Waals surface area contributed by atoms with Gasteiger partial charge in [0, 0.05) is 6.54 Å². The van der Waals surface area contributed by atoms with Crippen LogP contribution in [0, 0.1) is 0 Å². The van der Waals surface area contributed by atoms with Crippen LogP contribution in [0.1, 0.15) is 19.8 Å². The SMILES string of the molecule is CCCCNc1ncc(N=C=S)s1. The fourth-order valence-corrected chi connectivity index (χ4v) is 1.65. The van der Waals surface area contributed by atoms with E-state index in [-0.39, 0.29) is 0 Å². The van der Waals surface area contributed by atoms with Gasteiger partial charge in [-0.1, -0.05) is 24.7 Å². The van der Waals surface area contributed by atoms with Crippen LogP contribution in [0.5, 0.6) is 0 Å². The Morgan fingerprint density at radius 2 is 2.62 bits per heavy atom. The van der Waals surface area contributed by atoms with Gasteiger partial charge in [-0.2, -0.15) is 4.99 Å². The summed E-state index contributed by atoms with van der Waals surface area (Å²) in [5.41, 5.74) is 0. The minimum absolute atomic E-state index is 0.800. The van der Waals surface area contributed by atoms with Crippen molar-refractivity contribution in [3.8, 4) is 0 Å². The van der Waals surface area contributed by atoms with E-state index < -0.39 is 0 Å². The molecular weight excluding hydrogens is 202 g/mol. The van der Waals surface area contributed by atoms with E-state index in [9.17, 15) is 0 Å². The van der Waals surface area contributed by atoms with Crippen molar-refractivity contribution in [3.05, 3.63) is 6.20 Å². The minimum atomic E-state index is 0.800. The molecule has 1 aromatic rings. The standard InChI is InChI=1S/C8H11N3S2/c1-2-3-4-9-8-10-5-7(13-8)11-6-12/h5H,2-4H2,1H3,(H,9,10). The molecular formula is C8H11N3S2. The van der Waals surface area contributed by atoms with Crippen molar-refractivity contribution in [1.29, 1.82) is 0 Å². The third-order valence-electron chi connectivity index (χ3n) is 1.46. The Hall–Kier alpha value is -0.770. The van der Waals surface area contributed by atoms with Crippen LogP contribution >= 0.6 is 23.6 Å². The molecule has 0 bridgehead atoms. The van der Waals surface area contributed by atoms with E-state index in [2.05, 4.69) is 39.6 Å². The Labute approximate surface area is 86.9 Å². The number of anilines is 1. The van der Waals surface area contributed by atoms with E-state index in [4.69, 9.17) is 0 Å². The van der Waals surface area contributed by atoms with Crippen molar-refractivity contribution in [2.45, 2.75) is 19.8 Å². The molecule has 1 rings (SSSR count). The van der Waals surface area contributed by atoms with E-state index in [1.807, 2.05) is 0 Å². The number of thiocarbonyl (C=S) groups is 1. The molecule has 70 valence electrons. The van der Waals surface area contributed by atoms with Gasteiger partial charge in [0.05, 0.1) is 11.4 Å². The molecule has 5 heteroatoms. The lowest BCUT2D eigenvalue weighted by atomic mass is 10.3. The first kappa shape index (κ1) is 10.3. The predicted molar refractivity (Wildman–Crippen MR) is 60.2 cm³/mol. The molecule has 1 N–H and O–H groups in total. The molecule has 0 aliphatic heterocycles. The molecule has 0 saturated heterocycles. The maximum absolute atomic E-state index is 4.49. The van der Waals surface area contributed by atoms with Crippen LogP contribution in [0.15, 0.2) is 11.2 Å². The molecule has 0 aliphatic rings. The fourth-order valence-electron chi connectivity index (χ4n) is 0.816. The van der Waals surface area contributed by atoms with Crippen molar-refractivity contribution in [2.24, 2.45) is 4.99 Å². The van der Waals surface area contributed by atoms with Gasteiger partial charge < -0.3 is 5.32 Å². The number of thiazole rings is 1. The summed E-state index contributed by atoms with van der Waals surface area (Å²) in [4.78, 5) is 7.97. The Bertz CT molecular complexity index is 302. The first-order chi connectivity index (χ1) is 6.36. The largest absolute Gasteiger partial charge is 0.361 e. The van der Waals surface area contributed by atoms with Crippen molar-refractivity contribution in [2.75, 3.05) is 11.9 Å². The van der Waals surface area contributed by atoms with Crippen LogP contribution in [0.2, 0.25) is 0 Å². The number of hydrogen-bond donors (Lipinski definition) is 1. The van der Waals surface area contributed by atoms with Crippen molar-refractivity contribution < 1.29 is 0 Å². The summed E-state index contributed by atoms with van der Waals surface area (Å²) in [5.74, 6) is 0. The van der Waals surface area contributed by atoms with Gasteiger partial charge in [-0.3, -0.25) is 0 Å². The number of aromatic nitrogens is 1. The van der Waals surface area contributed by atoms with Gasteiger partial charge in [-0.25, -0.2) is 4.98 Å². The van der Waals surface area contributed by atoms with Crippen molar-refractivity contribution >= 4 is 38.8 Å². The van der Waals surface area contributed by atoms with Gasteiger partial charge in [0.15, 0.2) is 5.13 Å². The lowest BCUT2D eigenvalue weighted by Crippen LogP contribution is -1.99. The third kappa shape index (κ3) is 3.63. The summed E-state index contributed by atoms with van der Waals surface area (Å²) < 4.78 is 0. The number of isothiocyanates is 1. The Kier molecular flexibility index (Phi) is 4.60. The van der Waals surface area contributed by atoms with E-state index in [1.165, 1.54) is 17.8 Å². The zero-order chi connectivity index (χ0) is 9.52. The molecule has 0 unspecified atom stereocenters. The maximum atomic E-state index is 4.49. The lowest BCUT2D eigenvalue weighted by Gasteiger charge is -1.98. The van der Waals surface area contributed by atoms with Crippen LogP contribution in [0.3, 0.4) is 0 Å². The van der Waals surface area contributed by atoms with Crippen LogP contribution in [0.4, 0.5) is 10.1 Å². The maximum Gasteiger partial charge on any atom is 0.184 e. The number of hydrogen-bond acceptors (Lipinski definition) is 5. The van der Waals surface area contributed by atoms with Gasteiger partial charge >= 0.3 is 0 Å². The Balaban J connectivity index is 2.44. The summed E-state index contributed by atoms with van der Waals surface area (Å²) in [5, 5.41) is 7.23. The molecule has 0 radical (unpaired) electrons. The number of rotatable bonds is 5. The molecule has 0 spiro atoms. The normalized spacial score (nSPS) is 9.31. The third-order valence-corrected chi connectivity index (χ3v) is 2.40. The Morgan fingerprint density at radius 1 is 1.77 bits per heavy atom. The molecule has 0 aliphatic carbocycles. The first-order valence-electron chi connectivity index (χ1n) is 4.14. The summed E-state index contributed by atoms with van der Waals surface area (Å²) in [7, 11) is 0. The average Bonchev–Trinajstić information content (AvgIpc) is 2.54. The Morgan fingerprint density at radius 3 is 3.31 bits per heavy atom. The van der Waals surface area contributed by atoms with Gasteiger partial charge in [0.2, 0.25) is 0 Å². The number of nitrogens with zero attached hydrogens (tertiary/aromatic N) is 2. The second-order valence-corrected chi connectivity index (χ2v) is 3.68. The highest BCUT2D eigenvalue weighted by atomic mass is 32.1. The van der Waals surface area contributed by atoms with E-state index >= 15 is 0 Å². The molecule has 0 fully saturated rings. The number of aliphatic imine (C=N–C) groups is 1. The highest BCUT2D eigenvalue weighted by molar-refractivity contribution is 7.78. The molecule has 0 aromatic carbocycles. The molecule has 1 heterocycles. The molecule has 0 amide bonds. The summed E-state index contributed by atoms with van der Waals surface area (Å²) in [6.07, 6.45) is 4.03. The predicted octanol–water partition coefficient (Wildman–Crippen LogP) is 3.09. The van der Waals surface area contributed by atoms with Crippen molar-refractivity contribution in [3.63, 3.8) is 0 Å². The minimum Gasteiger partial charge on any atom is -0.361 e. The number of nitrogens with one attached hydrogen (secondary N) is 1. The van der Waals surface area contributed by atoms with Crippen LogP contribution in [-0.2, 0) is 0 Å². The van der Waals surface area contributed by atoms with Crippen molar-refractivity contribution in [1.82, 2.24) is 4.98 Å². The molecule has 3 nitrogen and oxygen atoms in total. The van der Waals surface area contributed by atoms with E-state index in [1.54, 1.807) is 6.20 Å².